The molecule has 0 spiro atoms. The third-order valence-electron chi connectivity index (χ3n) is 2.79. The molecule has 1 atom stereocenters. The predicted molar refractivity (Wildman–Crippen MR) is 69.6 cm³/mol. The Kier molecular flexibility index (Phi) is 4.05. The van der Waals surface area contributed by atoms with E-state index in [0.717, 1.165) is 0 Å². The third-order valence-corrected chi connectivity index (χ3v) is 3.12. The SMILES string of the molecule is N#CC(COc1ccc(Cl)c2ccccc12)C(F)(F)F. The Hall–Kier alpha value is -1.93. The van der Waals surface area contributed by atoms with Crippen LogP contribution in [0, 0.1) is 17.2 Å². The number of hydrogen-bond donors (Lipinski definition) is 0. The van der Waals surface area contributed by atoms with Crippen molar-refractivity contribution < 1.29 is 17.9 Å². The third kappa shape index (κ3) is 2.97. The lowest BCUT2D eigenvalue weighted by molar-refractivity contribution is -0.165. The topological polar surface area (TPSA) is 33.0 Å². The number of alkyl halides is 3. The van der Waals surface area contributed by atoms with Crippen molar-refractivity contribution in [3.8, 4) is 11.8 Å². The van der Waals surface area contributed by atoms with E-state index in [2.05, 4.69) is 0 Å². The van der Waals surface area contributed by atoms with Crippen molar-refractivity contribution in [3.63, 3.8) is 0 Å². The Balaban J connectivity index is 2.27. The van der Waals surface area contributed by atoms with Gasteiger partial charge < -0.3 is 4.74 Å². The van der Waals surface area contributed by atoms with Gasteiger partial charge in [-0.3, -0.25) is 0 Å². The molecular weight excluding hydrogens is 291 g/mol. The van der Waals surface area contributed by atoms with Gasteiger partial charge in [0.1, 0.15) is 12.4 Å². The highest BCUT2D eigenvalue weighted by Gasteiger charge is 2.40. The van der Waals surface area contributed by atoms with Crippen molar-refractivity contribution in [3.05, 3.63) is 41.4 Å². The first kappa shape index (κ1) is 14.5. The molecular formula is C14H9ClF3NO. The van der Waals surface area contributed by atoms with Gasteiger partial charge in [-0.2, -0.15) is 18.4 Å². The van der Waals surface area contributed by atoms with Crippen LogP contribution in [0.15, 0.2) is 36.4 Å². The van der Waals surface area contributed by atoms with Crippen LogP contribution in [-0.2, 0) is 0 Å². The Bertz CT molecular complexity index is 663. The zero-order valence-corrected chi connectivity index (χ0v) is 10.9. The van der Waals surface area contributed by atoms with E-state index in [9.17, 15) is 13.2 Å². The summed E-state index contributed by atoms with van der Waals surface area (Å²) in [5.41, 5.74) is 0. The Morgan fingerprint density at radius 1 is 1.15 bits per heavy atom. The predicted octanol–water partition coefficient (Wildman–Crippen LogP) is 4.57. The first-order chi connectivity index (χ1) is 9.43. The van der Waals surface area contributed by atoms with Crippen LogP contribution in [0.2, 0.25) is 5.02 Å². The molecule has 2 rings (SSSR count). The molecule has 20 heavy (non-hydrogen) atoms. The number of hydrogen-bond acceptors (Lipinski definition) is 2. The van der Waals surface area contributed by atoms with Crippen molar-refractivity contribution >= 4 is 22.4 Å². The second-order valence-corrected chi connectivity index (χ2v) is 4.53. The lowest BCUT2D eigenvalue weighted by Gasteiger charge is -2.15. The van der Waals surface area contributed by atoms with E-state index in [1.807, 2.05) is 0 Å². The Labute approximate surface area is 118 Å². The maximum absolute atomic E-state index is 12.5. The first-order valence-corrected chi connectivity index (χ1v) is 6.07. The van der Waals surface area contributed by atoms with Crippen LogP contribution >= 0.6 is 11.6 Å². The van der Waals surface area contributed by atoms with Gasteiger partial charge in [-0.15, -0.1) is 0 Å². The van der Waals surface area contributed by atoms with Gasteiger partial charge in [0.25, 0.3) is 0 Å². The smallest absolute Gasteiger partial charge is 0.407 e. The molecule has 6 heteroatoms. The summed E-state index contributed by atoms with van der Waals surface area (Å²) in [5.74, 6) is -1.88. The van der Waals surface area contributed by atoms with Gasteiger partial charge in [-0.05, 0) is 12.1 Å². The molecule has 0 saturated carbocycles. The van der Waals surface area contributed by atoms with E-state index in [4.69, 9.17) is 21.6 Å². The lowest BCUT2D eigenvalue weighted by atomic mass is 10.1. The highest BCUT2D eigenvalue weighted by Crippen LogP contribution is 2.32. The molecule has 104 valence electrons. The lowest BCUT2D eigenvalue weighted by Crippen LogP contribution is -2.27. The van der Waals surface area contributed by atoms with E-state index >= 15 is 0 Å². The summed E-state index contributed by atoms with van der Waals surface area (Å²) in [7, 11) is 0. The van der Waals surface area contributed by atoms with E-state index in [1.165, 1.54) is 12.1 Å². The molecule has 0 aliphatic rings. The minimum atomic E-state index is -4.60. The minimum Gasteiger partial charge on any atom is -0.491 e. The second kappa shape index (κ2) is 5.59. The first-order valence-electron chi connectivity index (χ1n) is 5.70. The van der Waals surface area contributed by atoms with Gasteiger partial charge in [0.2, 0.25) is 0 Å². The number of fused-ring (bicyclic) bond motifs is 1. The molecule has 2 aromatic carbocycles. The number of ether oxygens (including phenoxy) is 1. The van der Waals surface area contributed by atoms with Crippen LogP contribution in [0.3, 0.4) is 0 Å². The number of halogens is 4. The van der Waals surface area contributed by atoms with E-state index in [-0.39, 0.29) is 5.75 Å². The summed E-state index contributed by atoms with van der Waals surface area (Å²) in [6, 6.07) is 11.2. The highest BCUT2D eigenvalue weighted by molar-refractivity contribution is 6.35. The maximum atomic E-state index is 12.5. The summed E-state index contributed by atoms with van der Waals surface area (Å²) in [6.07, 6.45) is -4.60. The number of nitrogens with zero attached hydrogens (tertiary/aromatic N) is 1. The largest absolute Gasteiger partial charge is 0.491 e. The number of benzene rings is 2. The number of rotatable bonds is 3. The Morgan fingerprint density at radius 2 is 1.80 bits per heavy atom. The molecule has 0 N–H and O–H groups in total. The zero-order chi connectivity index (χ0) is 14.8. The van der Waals surface area contributed by atoms with Gasteiger partial charge in [0, 0.05) is 15.8 Å². The molecule has 2 aromatic rings. The van der Waals surface area contributed by atoms with Gasteiger partial charge in [0.05, 0.1) is 6.07 Å². The molecule has 0 aliphatic heterocycles. The zero-order valence-electron chi connectivity index (χ0n) is 10.1. The quantitative estimate of drug-likeness (QED) is 0.831. The van der Waals surface area contributed by atoms with Crippen molar-refractivity contribution in [2.24, 2.45) is 5.92 Å². The average molecular weight is 300 g/mol. The van der Waals surface area contributed by atoms with E-state index in [0.29, 0.717) is 15.8 Å². The molecule has 0 fully saturated rings. The van der Waals surface area contributed by atoms with Crippen LogP contribution in [0.4, 0.5) is 13.2 Å². The van der Waals surface area contributed by atoms with E-state index < -0.39 is 18.7 Å². The normalized spacial score (nSPS) is 12.9. The summed E-state index contributed by atoms with van der Waals surface area (Å²) >= 11 is 6.00. The molecule has 0 amide bonds. The van der Waals surface area contributed by atoms with Crippen LogP contribution in [-0.4, -0.2) is 12.8 Å². The standard InChI is InChI=1S/C14H9ClF3NO/c15-12-5-6-13(11-4-2-1-3-10(11)12)20-8-9(7-19)14(16,17)18/h1-6,9H,8H2. The molecule has 0 saturated heterocycles. The minimum absolute atomic E-state index is 0.273. The molecule has 0 bridgehead atoms. The van der Waals surface area contributed by atoms with Crippen molar-refractivity contribution in [2.45, 2.75) is 6.18 Å². The highest BCUT2D eigenvalue weighted by atomic mass is 35.5. The van der Waals surface area contributed by atoms with Crippen LogP contribution in [0.25, 0.3) is 10.8 Å². The van der Waals surface area contributed by atoms with Gasteiger partial charge in [-0.25, -0.2) is 0 Å². The Morgan fingerprint density at radius 3 is 2.40 bits per heavy atom. The summed E-state index contributed by atoms with van der Waals surface area (Å²) in [6.45, 7) is -0.744. The van der Waals surface area contributed by atoms with Crippen molar-refractivity contribution in [1.29, 1.82) is 5.26 Å². The molecule has 0 radical (unpaired) electrons. The van der Waals surface area contributed by atoms with Crippen molar-refractivity contribution in [1.82, 2.24) is 0 Å². The van der Waals surface area contributed by atoms with Crippen LogP contribution < -0.4 is 4.74 Å². The van der Waals surface area contributed by atoms with Crippen LogP contribution in [0.5, 0.6) is 5.75 Å². The fourth-order valence-electron chi connectivity index (χ4n) is 1.74. The van der Waals surface area contributed by atoms with Gasteiger partial charge in [-0.1, -0.05) is 35.9 Å². The fraction of sp³-hybridized carbons (Fsp3) is 0.214. The summed E-state index contributed by atoms with van der Waals surface area (Å²) in [5, 5.41) is 10.3. The molecule has 2 nitrogen and oxygen atoms in total. The molecule has 0 aliphatic carbocycles. The maximum Gasteiger partial charge on any atom is 0.407 e. The average Bonchev–Trinajstić information content (AvgIpc) is 2.40. The molecule has 0 aromatic heterocycles. The molecule has 1 unspecified atom stereocenters. The monoisotopic (exact) mass is 299 g/mol. The summed E-state index contributed by atoms with van der Waals surface area (Å²) < 4.78 is 42.6. The van der Waals surface area contributed by atoms with Gasteiger partial charge in [0.15, 0.2) is 5.92 Å². The number of nitriles is 1. The second-order valence-electron chi connectivity index (χ2n) is 4.13. The van der Waals surface area contributed by atoms with Crippen LogP contribution in [0.1, 0.15) is 0 Å². The van der Waals surface area contributed by atoms with E-state index in [1.54, 1.807) is 30.3 Å². The fourth-order valence-corrected chi connectivity index (χ4v) is 1.97. The summed E-state index contributed by atoms with van der Waals surface area (Å²) in [4.78, 5) is 0. The molecule has 0 heterocycles. The van der Waals surface area contributed by atoms with Gasteiger partial charge >= 0.3 is 6.18 Å². The van der Waals surface area contributed by atoms with Crippen molar-refractivity contribution in [2.75, 3.05) is 6.61 Å².